The largest absolute Gasteiger partial charge is 0.365 e. The topological polar surface area (TPSA) is 84.7 Å². The van der Waals surface area contributed by atoms with Crippen LogP contribution < -0.4 is 16.6 Å². The van der Waals surface area contributed by atoms with Gasteiger partial charge in [-0.3, -0.25) is 14.3 Å². The van der Waals surface area contributed by atoms with Gasteiger partial charge in [-0.2, -0.15) is 0 Å². The molecule has 0 aliphatic heterocycles. The molecule has 26 heavy (non-hydrogen) atoms. The molecule has 1 atom stereocenters. The Kier molecular flexibility index (Phi) is 4.79. The maximum Gasteiger partial charge on any atom is 0.330 e. The van der Waals surface area contributed by atoms with Crippen molar-refractivity contribution < 1.29 is 0 Å². The Balaban J connectivity index is 1.87. The molecule has 0 saturated carbocycles. The summed E-state index contributed by atoms with van der Waals surface area (Å²) in [6.45, 7) is 7.53. The third-order valence-electron chi connectivity index (χ3n) is 4.33. The molecule has 0 fully saturated rings. The normalized spacial score (nSPS) is 12.3. The molecule has 1 unspecified atom stereocenters. The van der Waals surface area contributed by atoms with Crippen LogP contribution in [0.4, 0.5) is 5.82 Å². The zero-order valence-corrected chi connectivity index (χ0v) is 15.4. The van der Waals surface area contributed by atoms with Gasteiger partial charge in [0.05, 0.1) is 0 Å². The van der Waals surface area contributed by atoms with Crippen molar-refractivity contribution in [1.82, 2.24) is 19.1 Å². The highest BCUT2D eigenvalue weighted by Gasteiger charge is 2.11. The fourth-order valence-electron chi connectivity index (χ4n) is 2.98. The molecule has 0 radical (unpaired) electrons. The molecule has 3 rings (SSSR count). The lowest BCUT2D eigenvalue weighted by atomic mass is 10.1. The first kappa shape index (κ1) is 17.7. The van der Waals surface area contributed by atoms with Gasteiger partial charge < -0.3 is 9.88 Å². The molecule has 7 nitrogen and oxygen atoms in total. The van der Waals surface area contributed by atoms with Crippen molar-refractivity contribution in [2.75, 3.05) is 5.32 Å². The van der Waals surface area contributed by atoms with Gasteiger partial charge >= 0.3 is 5.69 Å². The minimum absolute atomic E-state index is 0.0938. The molecule has 1 aromatic carbocycles. The minimum Gasteiger partial charge on any atom is -0.365 e. The van der Waals surface area contributed by atoms with Crippen molar-refractivity contribution in [2.45, 2.75) is 39.8 Å². The highest BCUT2D eigenvalue weighted by atomic mass is 16.2. The lowest BCUT2D eigenvalue weighted by Crippen LogP contribution is -2.36. The standard InChI is InChI=1S/C19H23N5O2/c1-12(2)24-18(25)11-17(22-19(24)26)21-13(3)15-6-5-7-16(10-15)23-9-8-20-14(23)4/h5-13,21H,1-4H3,(H,22,26). The zero-order valence-electron chi connectivity index (χ0n) is 15.4. The van der Waals surface area contributed by atoms with Gasteiger partial charge in [0.1, 0.15) is 11.6 Å². The van der Waals surface area contributed by atoms with Crippen LogP contribution >= 0.6 is 0 Å². The molecule has 0 aliphatic rings. The van der Waals surface area contributed by atoms with Gasteiger partial charge in [0.2, 0.25) is 0 Å². The number of anilines is 1. The van der Waals surface area contributed by atoms with E-state index in [2.05, 4.69) is 21.4 Å². The highest BCUT2D eigenvalue weighted by molar-refractivity contribution is 5.42. The number of hydrogen-bond donors (Lipinski definition) is 2. The number of H-pyrrole nitrogens is 1. The van der Waals surface area contributed by atoms with Gasteiger partial charge in [-0.1, -0.05) is 12.1 Å². The summed E-state index contributed by atoms with van der Waals surface area (Å²) >= 11 is 0. The molecule has 0 aliphatic carbocycles. The monoisotopic (exact) mass is 353 g/mol. The average Bonchev–Trinajstić information content (AvgIpc) is 3.00. The third kappa shape index (κ3) is 3.46. The molecule has 0 amide bonds. The number of nitrogens with one attached hydrogen (secondary N) is 2. The van der Waals surface area contributed by atoms with Crippen molar-refractivity contribution >= 4 is 5.82 Å². The Morgan fingerprint density at radius 2 is 1.92 bits per heavy atom. The average molecular weight is 353 g/mol. The van der Waals surface area contributed by atoms with E-state index >= 15 is 0 Å². The Hall–Kier alpha value is -3.09. The molecule has 3 aromatic rings. The van der Waals surface area contributed by atoms with Crippen LogP contribution in [0.3, 0.4) is 0 Å². The van der Waals surface area contributed by atoms with E-state index in [4.69, 9.17) is 0 Å². The first-order valence-electron chi connectivity index (χ1n) is 8.59. The Bertz CT molecular complexity index is 997. The molecule has 2 heterocycles. The smallest absolute Gasteiger partial charge is 0.330 e. The van der Waals surface area contributed by atoms with Crippen molar-refractivity contribution in [3.05, 3.63) is 75.0 Å². The first-order valence-corrected chi connectivity index (χ1v) is 8.59. The van der Waals surface area contributed by atoms with E-state index in [0.717, 1.165) is 17.1 Å². The number of benzene rings is 1. The van der Waals surface area contributed by atoms with Gasteiger partial charge in [0, 0.05) is 36.2 Å². The van der Waals surface area contributed by atoms with Crippen molar-refractivity contribution in [1.29, 1.82) is 0 Å². The van der Waals surface area contributed by atoms with Crippen molar-refractivity contribution in [3.8, 4) is 5.69 Å². The van der Waals surface area contributed by atoms with Gasteiger partial charge in [-0.05, 0) is 45.4 Å². The van der Waals surface area contributed by atoms with Crippen LogP contribution in [0.5, 0.6) is 0 Å². The summed E-state index contributed by atoms with van der Waals surface area (Å²) in [6.07, 6.45) is 3.67. The summed E-state index contributed by atoms with van der Waals surface area (Å²) in [5.41, 5.74) is 1.31. The summed E-state index contributed by atoms with van der Waals surface area (Å²) in [4.78, 5) is 31.3. The Morgan fingerprint density at radius 3 is 2.54 bits per heavy atom. The van der Waals surface area contributed by atoms with E-state index in [9.17, 15) is 9.59 Å². The van der Waals surface area contributed by atoms with Crippen LogP contribution in [-0.2, 0) is 0 Å². The van der Waals surface area contributed by atoms with Gasteiger partial charge in [0.15, 0.2) is 0 Å². The summed E-state index contributed by atoms with van der Waals surface area (Å²) in [5.74, 6) is 1.32. The van der Waals surface area contributed by atoms with Crippen LogP contribution in [0.25, 0.3) is 5.69 Å². The van der Waals surface area contributed by atoms with Crippen LogP contribution in [-0.4, -0.2) is 19.1 Å². The second-order valence-electron chi connectivity index (χ2n) is 6.60. The number of aromatic amines is 1. The predicted octanol–water partition coefficient (Wildman–Crippen LogP) is 2.78. The van der Waals surface area contributed by atoms with E-state index in [0.29, 0.717) is 5.82 Å². The molecule has 7 heteroatoms. The molecule has 2 aromatic heterocycles. The zero-order chi connectivity index (χ0) is 18.8. The number of hydrogen-bond acceptors (Lipinski definition) is 4. The number of aryl methyl sites for hydroxylation is 1. The van der Waals surface area contributed by atoms with E-state index in [1.165, 1.54) is 10.6 Å². The number of nitrogens with zero attached hydrogens (tertiary/aromatic N) is 3. The molecule has 0 bridgehead atoms. The first-order chi connectivity index (χ1) is 12.4. The summed E-state index contributed by atoms with van der Waals surface area (Å²) < 4.78 is 3.19. The number of aromatic nitrogens is 4. The van der Waals surface area contributed by atoms with Crippen LogP contribution in [0.1, 0.15) is 44.2 Å². The van der Waals surface area contributed by atoms with Gasteiger partial charge in [0.25, 0.3) is 5.56 Å². The molecule has 0 spiro atoms. The summed E-state index contributed by atoms with van der Waals surface area (Å²) in [7, 11) is 0. The predicted molar refractivity (Wildman–Crippen MR) is 102 cm³/mol. The third-order valence-corrected chi connectivity index (χ3v) is 4.33. The van der Waals surface area contributed by atoms with Crippen LogP contribution in [0.15, 0.2) is 52.3 Å². The van der Waals surface area contributed by atoms with E-state index in [1.807, 2.05) is 42.8 Å². The van der Waals surface area contributed by atoms with E-state index in [1.54, 1.807) is 20.0 Å². The second-order valence-corrected chi connectivity index (χ2v) is 6.60. The minimum atomic E-state index is -0.412. The molecular formula is C19H23N5O2. The van der Waals surface area contributed by atoms with E-state index < -0.39 is 5.69 Å². The van der Waals surface area contributed by atoms with Crippen molar-refractivity contribution in [3.63, 3.8) is 0 Å². The quantitative estimate of drug-likeness (QED) is 0.739. The maximum atomic E-state index is 12.2. The van der Waals surface area contributed by atoms with Gasteiger partial charge in [-0.15, -0.1) is 0 Å². The highest BCUT2D eigenvalue weighted by Crippen LogP contribution is 2.20. The maximum absolute atomic E-state index is 12.2. The summed E-state index contributed by atoms with van der Waals surface area (Å²) in [5, 5.41) is 3.20. The van der Waals surface area contributed by atoms with Crippen LogP contribution in [0.2, 0.25) is 0 Å². The molecule has 136 valence electrons. The number of imidazole rings is 1. The Labute approximate surface area is 151 Å². The summed E-state index contributed by atoms with van der Waals surface area (Å²) in [6, 6.07) is 9.18. The van der Waals surface area contributed by atoms with Gasteiger partial charge in [-0.25, -0.2) is 9.78 Å². The van der Waals surface area contributed by atoms with Crippen LogP contribution in [0, 0.1) is 6.92 Å². The molecular weight excluding hydrogens is 330 g/mol. The fraction of sp³-hybridized carbons (Fsp3) is 0.316. The lowest BCUT2D eigenvalue weighted by Gasteiger charge is -2.17. The SMILES string of the molecule is Cc1nccn1-c1cccc(C(C)Nc2cc(=O)n(C(C)C)c(=O)[nH]2)c1. The molecule has 0 saturated heterocycles. The van der Waals surface area contributed by atoms with Crippen molar-refractivity contribution in [2.24, 2.45) is 0 Å². The second kappa shape index (κ2) is 7.03. The molecule has 2 N–H and O–H groups in total. The lowest BCUT2D eigenvalue weighted by molar-refractivity contribution is 0.546. The fourth-order valence-corrected chi connectivity index (χ4v) is 2.98. The Morgan fingerprint density at radius 1 is 1.15 bits per heavy atom. The number of rotatable bonds is 5. The van der Waals surface area contributed by atoms with E-state index in [-0.39, 0.29) is 17.6 Å².